The lowest BCUT2D eigenvalue weighted by Gasteiger charge is -2.34. The number of rotatable bonds is 5. The summed E-state index contributed by atoms with van der Waals surface area (Å²) >= 11 is 0. The minimum Gasteiger partial charge on any atom is -0.496 e. The molecule has 1 aliphatic rings. The molecule has 0 saturated carbocycles. The number of piperidine rings is 1. The molecule has 0 spiro atoms. The molecule has 3 aromatic rings. The highest BCUT2D eigenvalue weighted by atomic mass is 16.5. The lowest BCUT2D eigenvalue weighted by atomic mass is 9.91. The number of amides is 1. The Labute approximate surface area is 189 Å². The van der Waals surface area contributed by atoms with Crippen LogP contribution in [0.1, 0.15) is 32.8 Å². The van der Waals surface area contributed by atoms with E-state index in [-0.39, 0.29) is 5.91 Å². The number of para-hydroxylation sites is 1. The van der Waals surface area contributed by atoms with Crippen molar-refractivity contribution in [3.05, 3.63) is 54.3 Å². The molecule has 32 heavy (non-hydrogen) atoms. The second-order valence-corrected chi connectivity index (χ2v) is 8.91. The van der Waals surface area contributed by atoms with Crippen LogP contribution in [0.2, 0.25) is 0 Å². The zero-order valence-electron chi connectivity index (χ0n) is 19.5. The van der Waals surface area contributed by atoms with Crippen LogP contribution in [-0.4, -0.2) is 38.1 Å². The molecule has 0 bridgehead atoms. The summed E-state index contributed by atoms with van der Waals surface area (Å²) in [5.41, 5.74) is 4.37. The van der Waals surface area contributed by atoms with Crippen LogP contribution in [0.3, 0.4) is 0 Å². The Hall–Kier alpha value is -3.21. The molecule has 1 aromatic heterocycles. The van der Waals surface area contributed by atoms with Crippen LogP contribution in [0.4, 0.5) is 0 Å². The van der Waals surface area contributed by atoms with Gasteiger partial charge in [-0.25, -0.2) is 0 Å². The van der Waals surface area contributed by atoms with E-state index in [4.69, 9.17) is 13.9 Å². The molecule has 2 aromatic carbocycles. The highest BCUT2D eigenvalue weighted by Crippen LogP contribution is 2.40. The molecule has 2 atom stereocenters. The van der Waals surface area contributed by atoms with Gasteiger partial charge in [0.25, 0.3) is 0 Å². The number of benzene rings is 2. The Balaban J connectivity index is 1.74. The molecule has 1 amide bonds. The van der Waals surface area contributed by atoms with Gasteiger partial charge in [0.15, 0.2) is 0 Å². The second kappa shape index (κ2) is 9.11. The number of likely N-dealkylation sites (tertiary alicyclic amines) is 1. The van der Waals surface area contributed by atoms with Gasteiger partial charge < -0.3 is 18.8 Å². The van der Waals surface area contributed by atoms with Crippen LogP contribution >= 0.6 is 0 Å². The van der Waals surface area contributed by atoms with Crippen molar-refractivity contribution in [2.75, 3.05) is 27.3 Å². The molecule has 0 aliphatic carbocycles. The van der Waals surface area contributed by atoms with Crippen molar-refractivity contribution >= 4 is 22.4 Å². The average Bonchev–Trinajstić information content (AvgIpc) is 3.20. The average molecular weight is 434 g/mol. The number of fused-ring (bicyclic) bond motifs is 1. The summed E-state index contributed by atoms with van der Waals surface area (Å²) in [4.78, 5) is 15.0. The third kappa shape index (κ3) is 4.24. The first-order chi connectivity index (χ1) is 15.4. The smallest absolute Gasteiger partial charge is 0.246 e. The Morgan fingerprint density at radius 2 is 1.72 bits per heavy atom. The Bertz CT molecular complexity index is 1150. The van der Waals surface area contributed by atoms with E-state index in [1.165, 1.54) is 6.42 Å². The summed E-state index contributed by atoms with van der Waals surface area (Å²) in [7, 11) is 3.30. The van der Waals surface area contributed by atoms with Crippen molar-refractivity contribution < 1.29 is 18.7 Å². The predicted octanol–water partition coefficient (Wildman–Crippen LogP) is 6.02. The van der Waals surface area contributed by atoms with Gasteiger partial charge in [-0.05, 0) is 42.9 Å². The van der Waals surface area contributed by atoms with Crippen molar-refractivity contribution in [3.8, 4) is 22.6 Å². The first-order valence-electron chi connectivity index (χ1n) is 11.1. The molecule has 168 valence electrons. The molecule has 0 N–H and O–H groups in total. The molecular formula is C27H31NO4. The van der Waals surface area contributed by atoms with E-state index >= 15 is 0 Å². The van der Waals surface area contributed by atoms with E-state index in [1.807, 2.05) is 48.2 Å². The number of ether oxygens (including phenoxy) is 2. The first kappa shape index (κ1) is 22.0. The summed E-state index contributed by atoms with van der Waals surface area (Å²) in [6, 6.07) is 11.8. The van der Waals surface area contributed by atoms with Gasteiger partial charge in [0, 0.05) is 47.3 Å². The van der Waals surface area contributed by atoms with Crippen molar-refractivity contribution in [2.24, 2.45) is 11.8 Å². The fourth-order valence-corrected chi connectivity index (χ4v) is 4.80. The number of furan rings is 1. The SMILES string of the molecule is COc1cc2occ(-c3ccccc3OC)c2cc1/C(C)=C/C(=O)N1CC(C)CC(C)C1. The molecular weight excluding hydrogens is 402 g/mol. The number of hydrogen-bond donors (Lipinski definition) is 0. The molecule has 2 heterocycles. The van der Waals surface area contributed by atoms with Gasteiger partial charge >= 0.3 is 0 Å². The van der Waals surface area contributed by atoms with Crippen molar-refractivity contribution in [1.82, 2.24) is 4.90 Å². The standard InChI is InChI=1S/C27H31NO4/c1-17-10-18(2)15-28(14-17)27(29)11-19(3)21-12-22-23(16-32-26(22)13-25(21)31-5)20-8-6-7-9-24(20)30-4/h6-9,11-13,16-18H,10,14-15H2,1-5H3/b19-11+. The van der Waals surface area contributed by atoms with E-state index in [9.17, 15) is 4.79 Å². The van der Waals surface area contributed by atoms with Gasteiger partial charge in [0.1, 0.15) is 17.1 Å². The normalized spacial score (nSPS) is 19.3. The van der Waals surface area contributed by atoms with E-state index in [0.717, 1.165) is 52.1 Å². The van der Waals surface area contributed by atoms with Gasteiger partial charge in [0.2, 0.25) is 5.91 Å². The van der Waals surface area contributed by atoms with Gasteiger partial charge in [-0.2, -0.15) is 0 Å². The maximum absolute atomic E-state index is 13.0. The van der Waals surface area contributed by atoms with Crippen LogP contribution in [0.15, 0.2) is 53.2 Å². The van der Waals surface area contributed by atoms with Crippen LogP contribution in [0.25, 0.3) is 27.7 Å². The van der Waals surface area contributed by atoms with Gasteiger partial charge in [-0.3, -0.25) is 4.79 Å². The second-order valence-electron chi connectivity index (χ2n) is 8.91. The first-order valence-corrected chi connectivity index (χ1v) is 11.1. The van der Waals surface area contributed by atoms with E-state index in [2.05, 4.69) is 13.8 Å². The zero-order chi connectivity index (χ0) is 22.8. The molecule has 5 heteroatoms. The van der Waals surface area contributed by atoms with E-state index in [0.29, 0.717) is 17.6 Å². The van der Waals surface area contributed by atoms with Crippen LogP contribution in [0, 0.1) is 11.8 Å². The van der Waals surface area contributed by atoms with Crippen molar-refractivity contribution in [2.45, 2.75) is 27.2 Å². The molecule has 1 saturated heterocycles. The predicted molar refractivity (Wildman–Crippen MR) is 128 cm³/mol. The van der Waals surface area contributed by atoms with Crippen molar-refractivity contribution in [3.63, 3.8) is 0 Å². The third-order valence-corrected chi connectivity index (χ3v) is 6.24. The number of methoxy groups -OCH3 is 2. The van der Waals surface area contributed by atoms with Crippen LogP contribution < -0.4 is 9.47 Å². The number of allylic oxidation sites excluding steroid dienone is 1. The summed E-state index contributed by atoms with van der Waals surface area (Å²) in [5, 5.41) is 0.950. The molecule has 2 unspecified atom stereocenters. The van der Waals surface area contributed by atoms with Gasteiger partial charge in [-0.15, -0.1) is 0 Å². The molecule has 1 fully saturated rings. The lowest BCUT2D eigenvalue weighted by molar-refractivity contribution is -0.128. The fourth-order valence-electron chi connectivity index (χ4n) is 4.80. The molecule has 4 rings (SSSR count). The van der Waals surface area contributed by atoms with E-state index < -0.39 is 0 Å². The summed E-state index contributed by atoms with van der Waals surface area (Å²) in [5.74, 6) is 2.57. The molecule has 1 aliphatic heterocycles. The minimum atomic E-state index is 0.0557. The van der Waals surface area contributed by atoms with E-state index in [1.54, 1.807) is 26.6 Å². The highest BCUT2D eigenvalue weighted by molar-refractivity contribution is 6.01. The van der Waals surface area contributed by atoms with Crippen LogP contribution in [0.5, 0.6) is 11.5 Å². The van der Waals surface area contributed by atoms with Crippen molar-refractivity contribution in [1.29, 1.82) is 0 Å². The minimum absolute atomic E-state index is 0.0557. The number of carbonyl (C=O) groups excluding carboxylic acids is 1. The Morgan fingerprint density at radius 3 is 2.41 bits per heavy atom. The highest BCUT2D eigenvalue weighted by Gasteiger charge is 2.25. The Morgan fingerprint density at radius 1 is 1.03 bits per heavy atom. The number of nitrogens with zero attached hydrogens (tertiary/aromatic N) is 1. The topological polar surface area (TPSA) is 51.9 Å². The summed E-state index contributed by atoms with van der Waals surface area (Å²) in [6.07, 6.45) is 4.65. The van der Waals surface area contributed by atoms with Gasteiger partial charge in [0.05, 0.1) is 20.5 Å². The third-order valence-electron chi connectivity index (χ3n) is 6.24. The number of carbonyl (C=O) groups is 1. The maximum atomic E-state index is 13.0. The summed E-state index contributed by atoms with van der Waals surface area (Å²) < 4.78 is 17.0. The largest absolute Gasteiger partial charge is 0.496 e. The summed E-state index contributed by atoms with van der Waals surface area (Å²) in [6.45, 7) is 8.00. The Kier molecular flexibility index (Phi) is 6.26. The maximum Gasteiger partial charge on any atom is 0.246 e. The fraction of sp³-hybridized carbons (Fsp3) is 0.370. The zero-order valence-corrected chi connectivity index (χ0v) is 19.5. The quantitative estimate of drug-likeness (QED) is 0.461. The molecule has 0 radical (unpaired) electrons. The number of hydrogen-bond acceptors (Lipinski definition) is 4. The lowest BCUT2D eigenvalue weighted by Crippen LogP contribution is -2.41. The van der Waals surface area contributed by atoms with Gasteiger partial charge in [-0.1, -0.05) is 32.0 Å². The monoisotopic (exact) mass is 433 g/mol. The van der Waals surface area contributed by atoms with Crippen LogP contribution in [-0.2, 0) is 4.79 Å². The molecule has 5 nitrogen and oxygen atoms in total.